The van der Waals surface area contributed by atoms with E-state index in [1.807, 2.05) is 19.9 Å². The minimum Gasteiger partial charge on any atom is -0.395 e. The van der Waals surface area contributed by atoms with Crippen molar-refractivity contribution in [3.63, 3.8) is 0 Å². The van der Waals surface area contributed by atoms with Crippen molar-refractivity contribution >= 4 is 5.65 Å². The number of aliphatic hydroxyl groups is 1. The van der Waals surface area contributed by atoms with Crippen LogP contribution in [0.25, 0.3) is 5.65 Å². The number of pyridine rings is 1. The van der Waals surface area contributed by atoms with Gasteiger partial charge in [-0.25, -0.2) is 4.98 Å². The molecule has 0 radical (unpaired) electrons. The van der Waals surface area contributed by atoms with Gasteiger partial charge in [0.05, 0.1) is 12.3 Å². The lowest BCUT2D eigenvalue weighted by Crippen LogP contribution is -2.37. The van der Waals surface area contributed by atoms with Gasteiger partial charge in [-0.1, -0.05) is 19.9 Å². The van der Waals surface area contributed by atoms with Gasteiger partial charge in [-0.3, -0.25) is 9.20 Å². The molecule has 2 aromatic heterocycles. The Hall–Kier alpha value is -1.72. The number of hydrogen-bond acceptors (Lipinski definition) is 4. The smallest absolute Gasteiger partial charge is 0.258 e. The fraction of sp³-hybridized carbons (Fsp3) is 0.429. The first-order valence-corrected chi connectivity index (χ1v) is 6.43. The van der Waals surface area contributed by atoms with Crippen LogP contribution in [0.1, 0.15) is 19.5 Å². The summed E-state index contributed by atoms with van der Waals surface area (Å²) in [6.07, 6.45) is 1.70. The van der Waals surface area contributed by atoms with Crippen LogP contribution in [0.2, 0.25) is 0 Å². The molecule has 0 fully saturated rings. The van der Waals surface area contributed by atoms with Gasteiger partial charge in [0.15, 0.2) is 0 Å². The number of aromatic nitrogens is 2. The quantitative estimate of drug-likeness (QED) is 0.835. The zero-order valence-electron chi connectivity index (χ0n) is 11.2. The Bertz CT molecular complexity index is 607. The molecule has 2 N–H and O–H groups in total. The number of hydrogen-bond donors (Lipinski definition) is 2. The lowest BCUT2D eigenvalue weighted by molar-refractivity contribution is 0.209. The van der Waals surface area contributed by atoms with Gasteiger partial charge in [-0.15, -0.1) is 0 Å². The number of fused-ring (bicyclic) bond motifs is 1. The van der Waals surface area contributed by atoms with Crippen LogP contribution in [0, 0.1) is 5.92 Å². The molecule has 1 atom stereocenters. The van der Waals surface area contributed by atoms with Crippen LogP contribution in [0.3, 0.4) is 0 Å². The fourth-order valence-electron chi connectivity index (χ4n) is 1.94. The van der Waals surface area contributed by atoms with Gasteiger partial charge >= 0.3 is 0 Å². The van der Waals surface area contributed by atoms with E-state index in [4.69, 9.17) is 0 Å². The SMILES string of the molecule is CC(C)C(CO)NCc1cc(=O)n2ccccc2n1. The highest BCUT2D eigenvalue weighted by atomic mass is 16.3. The molecule has 2 aromatic rings. The van der Waals surface area contributed by atoms with Gasteiger partial charge in [0.2, 0.25) is 0 Å². The molecular weight excluding hydrogens is 242 g/mol. The van der Waals surface area contributed by atoms with Crippen LogP contribution >= 0.6 is 0 Å². The first-order valence-electron chi connectivity index (χ1n) is 6.43. The van der Waals surface area contributed by atoms with Gasteiger partial charge in [0.1, 0.15) is 5.65 Å². The molecule has 2 heterocycles. The molecule has 0 aliphatic carbocycles. The van der Waals surface area contributed by atoms with E-state index in [-0.39, 0.29) is 18.2 Å². The van der Waals surface area contributed by atoms with Crippen LogP contribution in [-0.2, 0) is 6.54 Å². The Morgan fingerprint density at radius 1 is 1.42 bits per heavy atom. The van der Waals surface area contributed by atoms with E-state index in [1.165, 1.54) is 10.5 Å². The maximum atomic E-state index is 11.9. The average Bonchev–Trinajstić information content (AvgIpc) is 2.39. The Labute approximate surface area is 111 Å². The molecule has 0 saturated carbocycles. The number of nitrogens with zero attached hydrogens (tertiary/aromatic N) is 2. The van der Waals surface area contributed by atoms with Crippen molar-refractivity contribution in [2.45, 2.75) is 26.4 Å². The van der Waals surface area contributed by atoms with Gasteiger partial charge in [-0.2, -0.15) is 0 Å². The summed E-state index contributed by atoms with van der Waals surface area (Å²) in [5.74, 6) is 0.326. The molecule has 0 aromatic carbocycles. The van der Waals surface area contributed by atoms with E-state index in [0.29, 0.717) is 23.8 Å². The summed E-state index contributed by atoms with van der Waals surface area (Å²) < 4.78 is 1.51. The molecule has 2 rings (SSSR count). The van der Waals surface area contributed by atoms with E-state index in [9.17, 15) is 9.90 Å². The topological polar surface area (TPSA) is 66.6 Å². The van der Waals surface area contributed by atoms with Crippen molar-refractivity contribution in [3.8, 4) is 0 Å². The summed E-state index contributed by atoms with van der Waals surface area (Å²) in [4.78, 5) is 16.3. The predicted molar refractivity (Wildman–Crippen MR) is 74.0 cm³/mol. The van der Waals surface area contributed by atoms with E-state index >= 15 is 0 Å². The summed E-state index contributed by atoms with van der Waals surface area (Å²) in [7, 11) is 0. The normalized spacial score (nSPS) is 13.1. The second-order valence-electron chi connectivity index (χ2n) is 4.93. The Morgan fingerprint density at radius 2 is 2.21 bits per heavy atom. The molecule has 1 unspecified atom stereocenters. The molecule has 5 heteroatoms. The number of nitrogens with one attached hydrogen (secondary N) is 1. The molecular formula is C14H19N3O2. The standard InChI is InChI=1S/C14H19N3O2/c1-10(2)12(9-18)15-8-11-7-14(19)17-6-4-3-5-13(17)16-11/h3-7,10,12,15,18H,8-9H2,1-2H3. The average molecular weight is 261 g/mol. The van der Waals surface area contributed by atoms with Crippen molar-refractivity contribution in [2.24, 2.45) is 5.92 Å². The highest BCUT2D eigenvalue weighted by molar-refractivity contribution is 5.37. The van der Waals surface area contributed by atoms with Gasteiger partial charge < -0.3 is 10.4 Å². The van der Waals surface area contributed by atoms with Gasteiger partial charge in [0.25, 0.3) is 5.56 Å². The van der Waals surface area contributed by atoms with Gasteiger partial charge in [0, 0.05) is 24.8 Å². The second kappa shape index (κ2) is 5.95. The molecule has 0 amide bonds. The Morgan fingerprint density at radius 3 is 2.89 bits per heavy atom. The predicted octanol–water partition coefficient (Wildman–Crippen LogP) is 0.801. The Kier molecular flexibility index (Phi) is 4.29. The summed E-state index contributed by atoms with van der Waals surface area (Å²) in [6.45, 7) is 4.63. The van der Waals surface area contributed by atoms with Crippen molar-refractivity contribution in [3.05, 3.63) is 46.5 Å². The lowest BCUT2D eigenvalue weighted by Gasteiger charge is -2.19. The summed E-state index contributed by atoms with van der Waals surface area (Å²) >= 11 is 0. The fourth-order valence-corrected chi connectivity index (χ4v) is 1.94. The molecule has 19 heavy (non-hydrogen) atoms. The first-order chi connectivity index (χ1) is 9.11. The second-order valence-corrected chi connectivity index (χ2v) is 4.93. The third-order valence-electron chi connectivity index (χ3n) is 3.17. The lowest BCUT2D eigenvalue weighted by atomic mass is 10.1. The van der Waals surface area contributed by atoms with Crippen LogP contribution in [0.5, 0.6) is 0 Å². The van der Waals surface area contributed by atoms with E-state index in [2.05, 4.69) is 10.3 Å². The summed E-state index contributed by atoms with van der Waals surface area (Å²) in [5.41, 5.74) is 1.24. The number of aliphatic hydroxyl groups excluding tert-OH is 1. The first kappa shape index (κ1) is 13.7. The summed E-state index contributed by atoms with van der Waals surface area (Å²) in [5, 5.41) is 12.5. The number of rotatable bonds is 5. The van der Waals surface area contributed by atoms with E-state index in [0.717, 1.165) is 0 Å². The van der Waals surface area contributed by atoms with Crippen LogP contribution in [-0.4, -0.2) is 27.1 Å². The minimum absolute atomic E-state index is 0.0102. The van der Waals surface area contributed by atoms with Crippen molar-refractivity contribution in [1.29, 1.82) is 0 Å². The maximum Gasteiger partial charge on any atom is 0.258 e. The Balaban J connectivity index is 2.20. The molecule has 0 bridgehead atoms. The largest absolute Gasteiger partial charge is 0.395 e. The van der Waals surface area contributed by atoms with Gasteiger partial charge in [-0.05, 0) is 18.1 Å². The van der Waals surface area contributed by atoms with E-state index < -0.39 is 0 Å². The molecule has 0 saturated heterocycles. The zero-order valence-corrected chi connectivity index (χ0v) is 11.2. The van der Waals surface area contributed by atoms with Crippen molar-refractivity contribution in [1.82, 2.24) is 14.7 Å². The van der Waals surface area contributed by atoms with Crippen molar-refractivity contribution in [2.75, 3.05) is 6.61 Å². The van der Waals surface area contributed by atoms with Crippen LogP contribution in [0.4, 0.5) is 0 Å². The third-order valence-corrected chi connectivity index (χ3v) is 3.17. The zero-order chi connectivity index (χ0) is 13.8. The minimum atomic E-state index is -0.0903. The van der Waals surface area contributed by atoms with E-state index in [1.54, 1.807) is 18.3 Å². The highest BCUT2D eigenvalue weighted by Gasteiger charge is 2.11. The molecule has 0 aliphatic rings. The third kappa shape index (κ3) is 3.19. The maximum absolute atomic E-state index is 11.9. The molecule has 0 aliphatic heterocycles. The van der Waals surface area contributed by atoms with Crippen LogP contribution in [0.15, 0.2) is 35.3 Å². The molecule has 0 spiro atoms. The molecule has 5 nitrogen and oxygen atoms in total. The summed E-state index contributed by atoms with van der Waals surface area (Å²) in [6, 6.07) is 6.99. The molecule has 102 valence electrons. The highest BCUT2D eigenvalue weighted by Crippen LogP contribution is 2.03. The van der Waals surface area contributed by atoms with Crippen LogP contribution < -0.4 is 10.9 Å². The monoisotopic (exact) mass is 261 g/mol. The van der Waals surface area contributed by atoms with Crippen molar-refractivity contribution < 1.29 is 5.11 Å².